The van der Waals surface area contributed by atoms with E-state index >= 15 is 0 Å². The second kappa shape index (κ2) is 4.76. The van der Waals surface area contributed by atoms with Gasteiger partial charge in [0.05, 0.1) is 17.7 Å². The number of nitrogen functional groups attached to an aromatic ring is 1. The van der Waals surface area contributed by atoms with Crippen molar-refractivity contribution in [3.8, 4) is 16.2 Å². The molecule has 0 aliphatic heterocycles. The zero-order chi connectivity index (χ0) is 13.4. The van der Waals surface area contributed by atoms with E-state index in [1.54, 1.807) is 18.4 Å². The lowest BCUT2D eigenvalue weighted by molar-refractivity contribution is 0.415. The third kappa shape index (κ3) is 2.15. The van der Waals surface area contributed by atoms with Crippen molar-refractivity contribution < 1.29 is 4.74 Å². The van der Waals surface area contributed by atoms with Gasteiger partial charge in [0.25, 0.3) is 0 Å². The maximum Gasteiger partial charge on any atom is 0.118 e. The van der Waals surface area contributed by atoms with Crippen molar-refractivity contribution in [3.05, 3.63) is 47.5 Å². The largest absolute Gasteiger partial charge is 0.497 e. The third-order valence-corrected chi connectivity index (χ3v) is 4.50. The van der Waals surface area contributed by atoms with Gasteiger partial charge < -0.3 is 10.5 Å². The summed E-state index contributed by atoms with van der Waals surface area (Å²) in [4.78, 5) is 1.07. The number of ether oxygens (including phenoxy) is 1. The van der Waals surface area contributed by atoms with Crippen molar-refractivity contribution in [1.29, 1.82) is 0 Å². The fourth-order valence-electron chi connectivity index (χ4n) is 2.05. The van der Waals surface area contributed by atoms with Gasteiger partial charge in [-0.25, -0.2) is 0 Å². The van der Waals surface area contributed by atoms with Gasteiger partial charge in [0.15, 0.2) is 0 Å². The fraction of sp³-hybridized carbons (Fsp3) is 0.0667. The molecule has 0 bridgehead atoms. The molecule has 19 heavy (non-hydrogen) atoms. The van der Waals surface area contributed by atoms with Gasteiger partial charge in [0, 0.05) is 15.1 Å². The molecule has 2 nitrogen and oxygen atoms in total. The van der Waals surface area contributed by atoms with Crippen LogP contribution in [0, 0.1) is 0 Å². The Hall–Kier alpha value is -1.71. The summed E-state index contributed by atoms with van der Waals surface area (Å²) in [6, 6.07) is 13.7. The van der Waals surface area contributed by atoms with E-state index in [0.717, 1.165) is 37.0 Å². The number of thiophene rings is 1. The molecule has 0 saturated carbocycles. The molecule has 3 aromatic rings. The summed E-state index contributed by atoms with van der Waals surface area (Å²) < 4.78 is 6.27. The number of fused-ring (bicyclic) bond motifs is 1. The molecule has 2 N–H and O–H groups in total. The van der Waals surface area contributed by atoms with Crippen LogP contribution in [0.4, 0.5) is 5.69 Å². The fourth-order valence-corrected chi connectivity index (χ4v) is 3.45. The molecule has 0 saturated heterocycles. The summed E-state index contributed by atoms with van der Waals surface area (Å²) in [5, 5.41) is 1.79. The molecule has 1 heterocycles. The molecule has 1 aromatic heterocycles. The van der Waals surface area contributed by atoms with Gasteiger partial charge in [-0.05, 0) is 48.0 Å². The minimum Gasteiger partial charge on any atom is -0.497 e. The van der Waals surface area contributed by atoms with Gasteiger partial charge in [0.2, 0.25) is 0 Å². The molecule has 0 aliphatic rings. The molecular weight excluding hydrogens is 278 g/mol. The molecule has 0 radical (unpaired) electrons. The summed E-state index contributed by atoms with van der Waals surface area (Å²) in [6.45, 7) is 0. The number of methoxy groups -OCH3 is 1. The number of benzene rings is 2. The van der Waals surface area contributed by atoms with Crippen molar-refractivity contribution in [1.82, 2.24) is 0 Å². The molecule has 4 heteroatoms. The highest BCUT2D eigenvalue weighted by atomic mass is 35.5. The van der Waals surface area contributed by atoms with Crippen LogP contribution in [-0.4, -0.2) is 7.11 Å². The normalized spacial score (nSPS) is 10.8. The van der Waals surface area contributed by atoms with Crippen LogP contribution in [0.3, 0.4) is 0 Å². The lowest BCUT2D eigenvalue weighted by Crippen LogP contribution is -1.86. The molecule has 2 aromatic carbocycles. The van der Waals surface area contributed by atoms with Crippen LogP contribution in [0.15, 0.2) is 42.5 Å². The lowest BCUT2D eigenvalue weighted by Gasteiger charge is -2.02. The Morgan fingerprint density at radius 1 is 1.11 bits per heavy atom. The van der Waals surface area contributed by atoms with Crippen LogP contribution < -0.4 is 10.5 Å². The third-order valence-electron chi connectivity index (χ3n) is 3.04. The Kier molecular flexibility index (Phi) is 3.09. The Labute approximate surface area is 120 Å². The van der Waals surface area contributed by atoms with Gasteiger partial charge in [-0.3, -0.25) is 0 Å². The van der Waals surface area contributed by atoms with Crippen LogP contribution in [0.25, 0.3) is 20.5 Å². The average Bonchev–Trinajstić information content (AvgIpc) is 2.75. The molecule has 0 aliphatic carbocycles. The molecule has 0 unspecified atom stereocenters. The van der Waals surface area contributed by atoms with E-state index in [1.807, 2.05) is 42.5 Å². The van der Waals surface area contributed by atoms with Gasteiger partial charge in [-0.15, -0.1) is 11.3 Å². The van der Waals surface area contributed by atoms with E-state index in [2.05, 4.69) is 0 Å². The first-order valence-electron chi connectivity index (χ1n) is 5.81. The zero-order valence-corrected chi connectivity index (χ0v) is 11.9. The Morgan fingerprint density at radius 3 is 2.53 bits per heavy atom. The van der Waals surface area contributed by atoms with Crippen LogP contribution in [0.5, 0.6) is 5.75 Å². The average molecular weight is 290 g/mol. The minimum atomic E-state index is 0.732. The number of nitrogens with two attached hydrogens (primary N) is 1. The predicted octanol–water partition coefficient (Wildman–Crippen LogP) is 4.81. The van der Waals surface area contributed by atoms with E-state index in [-0.39, 0.29) is 0 Å². The maximum atomic E-state index is 6.23. The molecule has 96 valence electrons. The monoisotopic (exact) mass is 289 g/mol. The molecule has 0 fully saturated rings. The number of hydrogen-bond acceptors (Lipinski definition) is 3. The SMILES string of the molecule is COc1ccc(-c2sc3cc(Cl)ccc3c2N)cc1. The van der Waals surface area contributed by atoms with Crippen LogP contribution in [-0.2, 0) is 0 Å². The number of hydrogen-bond donors (Lipinski definition) is 1. The quantitative estimate of drug-likeness (QED) is 0.734. The lowest BCUT2D eigenvalue weighted by atomic mass is 10.1. The first-order valence-corrected chi connectivity index (χ1v) is 7.00. The van der Waals surface area contributed by atoms with E-state index < -0.39 is 0 Å². The second-order valence-electron chi connectivity index (χ2n) is 4.21. The summed E-state index contributed by atoms with van der Waals surface area (Å²) in [7, 11) is 1.66. The van der Waals surface area contributed by atoms with E-state index in [4.69, 9.17) is 22.1 Å². The highest BCUT2D eigenvalue weighted by Gasteiger charge is 2.11. The first-order chi connectivity index (χ1) is 9.19. The molecule has 0 spiro atoms. The summed E-state index contributed by atoms with van der Waals surface area (Å²) in [5.41, 5.74) is 8.13. The van der Waals surface area contributed by atoms with Crippen LogP contribution in [0.1, 0.15) is 0 Å². The molecule has 0 amide bonds. The standard InChI is InChI=1S/C15H12ClNOS/c1-18-11-5-2-9(3-6-11)15-14(17)12-7-4-10(16)8-13(12)19-15/h2-8H,17H2,1H3. The van der Waals surface area contributed by atoms with E-state index in [9.17, 15) is 0 Å². The van der Waals surface area contributed by atoms with Crippen molar-refractivity contribution >= 4 is 38.7 Å². The van der Waals surface area contributed by atoms with Gasteiger partial charge in [-0.1, -0.05) is 11.6 Å². The first kappa shape index (κ1) is 12.3. The van der Waals surface area contributed by atoms with Gasteiger partial charge in [0.1, 0.15) is 5.75 Å². The predicted molar refractivity (Wildman–Crippen MR) is 83.2 cm³/mol. The molecule has 3 rings (SSSR count). The summed E-state index contributed by atoms with van der Waals surface area (Å²) in [6.07, 6.45) is 0. The summed E-state index contributed by atoms with van der Waals surface area (Å²) >= 11 is 7.67. The Bertz CT molecular complexity index is 734. The van der Waals surface area contributed by atoms with E-state index in [0.29, 0.717) is 0 Å². The van der Waals surface area contributed by atoms with Crippen molar-refractivity contribution in [2.75, 3.05) is 12.8 Å². The molecule has 0 atom stereocenters. The van der Waals surface area contributed by atoms with E-state index in [1.165, 1.54) is 0 Å². The van der Waals surface area contributed by atoms with Crippen LogP contribution >= 0.6 is 22.9 Å². The Balaban J connectivity index is 2.15. The highest BCUT2D eigenvalue weighted by Crippen LogP contribution is 2.41. The topological polar surface area (TPSA) is 35.2 Å². The van der Waals surface area contributed by atoms with Crippen molar-refractivity contribution in [2.45, 2.75) is 0 Å². The van der Waals surface area contributed by atoms with Gasteiger partial charge in [-0.2, -0.15) is 0 Å². The Morgan fingerprint density at radius 2 is 1.84 bits per heavy atom. The minimum absolute atomic E-state index is 0.732. The van der Waals surface area contributed by atoms with Gasteiger partial charge >= 0.3 is 0 Å². The smallest absolute Gasteiger partial charge is 0.118 e. The van der Waals surface area contributed by atoms with Crippen molar-refractivity contribution in [3.63, 3.8) is 0 Å². The zero-order valence-electron chi connectivity index (χ0n) is 10.3. The van der Waals surface area contributed by atoms with Crippen LogP contribution in [0.2, 0.25) is 5.02 Å². The maximum absolute atomic E-state index is 6.23. The second-order valence-corrected chi connectivity index (χ2v) is 5.70. The number of anilines is 1. The highest BCUT2D eigenvalue weighted by molar-refractivity contribution is 7.23. The van der Waals surface area contributed by atoms with Crippen molar-refractivity contribution in [2.24, 2.45) is 0 Å². The number of rotatable bonds is 2. The number of halogens is 1. The summed E-state index contributed by atoms with van der Waals surface area (Å²) in [5.74, 6) is 0.839. The molecular formula is C15H12ClNOS.